The zero-order valence-electron chi connectivity index (χ0n) is 12.0. The third-order valence-corrected chi connectivity index (χ3v) is 4.28. The van der Waals surface area contributed by atoms with Crippen molar-refractivity contribution in [3.63, 3.8) is 0 Å². The first kappa shape index (κ1) is 14.3. The lowest BCUT2D eigenvalue weighted by Gasteiger charge is -2.04. The molecule has 0 fully saturated rings. The Kier molecular flexibility index (Phi) is 3.18. The second kappa shape index (κ2) is 5.11. The third-order valence-electron chi connectivity index (χ3n) is 3.78. The zero-order chi connectivity index (χ0) is 16.1. The summed E-state index contributed by atoms with van der Waals surface area (Å²) in [4.78, 5) is 16.9. The van der Waals surface area contributed by atoms with Gasteiger partial charge in [-0.1, -0.05) is 35.3 Å². The van der Waals surface area contributed by atoms with Gasteiger partial charge in [0.1, 0.15) is 11.4 Å². The topological polar surface area (TPSA) is 48.0 Å². The third kappa shape index (κ3) is 2.22. The number of fused-ring (bicyclic) bond motifs is 2. The van der Waals surface area contributed by atoms with Gasteiger partial charge in [0.25, 0.3) is 0 Å². The largest absolute Gasteiger partial charge is 0.421 e. The van der Waals surface area contributed by atoms with Crippen LogP contribution >= 0.6 is 23.2 Å². The van der Waals surface area contributed by atoms with Gasteiger partial charge in [-0.3, -0.25) is 0 Å². The molecular formula is C17H10Cl2N2O2. The van der Waals surface area contributed by atoms with Crippen molar-refractivity contribution in [1.82, 2.24) is 9.55 Å². The maximum absolute atomic E-state index is 12.4. The number of nitrogens with zero attached hydrogens (tertiary/aromatic N) is 2. The van der Waals surface area contributed by atoms with Crippen LogP contribution in [0.3, 0.4) is 0 Å². The fourth-order valence-corrected chi connectivity index (χ4v) is 3.25. The van der Waals surface area contributed by atoms with E-state index in [4.69, 9.17) is 27.6 Å². The molecule has 4 aromatic rings. The molecule has 0 bridgehead atoms. The number of imidazole rings is 1. The predicted molar refractivity (Wildman–Crippen MR) is 92.2 cm³/mol. The minimum absolute atomic E-state index is 0.307. The van der Waals surface area contributed by atoms with Crippen molar-refractivity contribution in [3.8, 4) is 11.4 Å². The number of para-hydroxylation sites is 2. The van der Waals surface area contributed by atoms with Crippen LogP contribution in [0.4, 0.5) is 0 Å². The molecule has 0 atom stereocenters. The summed E-state index contributed by atoms with van der Waals surface area (Å²) in [6.07, 6.45) is 0. The Hall–Kier alpha value is -2.30. The summed E-state index contributed by atoms with van der Waals surface area (Å²) in [6, 6.07) is 12.6. The minimum Gasteiger partial charge on any atom is -0.421 e. The molecule has 0 saturated heterocycles. The Morgan fingerprint density at radius 1 is 1.13 bits per heavy atom. The Bertz CT molecular complexity index is 1130. The van der Waals surface area contributed by atoms with Gasteiger partial charge in [0.2, 0.25) is 0 Å². The van der Waals surface area contributed by atoms with E-state index in [1.54, 1.807) is 18.2 Å². The molecule has 23 heavy (non-hydrogen) atoms. The smallest absolute Gasteiger partial charge is 0.347 e. The summed E-state index contributed by atoms with van der Waals surface area (Å²) in [5.74, 6) is 0.540. The molecule has 0 saturated carbocycles. The van der Waals surface area contributed by atoms with Crippen LogP contribution in [0.5, 0.6) is 0 Å². The van der Waals surface area contributed by atoms with E-state index in [2.05, 4.69) is 4.98 Å². The van der Waals surface area contributed by atoms with Crippen LogP contribution in [0, 0.1) is 0 Å². The number of benzene rings is 2. The number of halogens is 2. The fraction of sp³-hybridized carbons (Fsp3) is 0.0588. The number of aryl methyl sites for hydroxylation is 1. The van der Waals surface area contributed by atoms with E-state index >= 15 is 0 Å². The van der Waals surface area contributed by atoms with Crippen LogP contribution in [0.1, 0.15) is 0 Å². The van der Waals surface area contributed by atoms with Gasteiger partial charge in [0.15, 0.2) is 5.58 Å². The molecule has 4 rings (SSSR count). The molecule has 0 spiro atoms. The molecular weight excluding hydrogens is 335 g/mol. The highest BCUT2D eigenvalue weighted by Gasteiger charge is 2.16. The lowest BCUT2D eigenvalue weighted by atomic mass is 10.2. The van der Waals surface area contributed by atoms with Crippen molar-refractivity contribution in [1.29, 1.82) is 0 Å². The quantitative estimate of drug-likeness (QED) is 0.472. The highest BCUT2D eigenvalue weighted by Crippen LogP contribution is 2.30. The Balaban J connectivity index is 2.06. The fourth-order valence-electron chi connectivity index (χ4n) is 2.70. The standard InChI is InChI=1S/C17H10Cl2N2O2/c1-21-14-5-3-2-4-13(14)20-16(21)11-7-9-6-10(18)8-12(19)15(9)23-17(11)22/h2-8H,1H3. The summed E-state index contributed by atoms with van der Waals surface area (Å²) in [6.45, 7) is 0. The van der Waals surface area contributed by atoms with Gasteiger partial charge >= 0.3 is 5.63 Å². The van der Waals surface area contributed by atoms with Crippen LogP contribution < -0.4 is 5.63 Å². The molecule has 0 aliphatic carbocycles. The van der Waals surface area contributed by atoms with E-state index < -0.39 is 5.63 Å². The molecule has 4 nitrogen and oxygen atoms in total. The van der Waals surface area contributed by atoms with Gasteiger partial charge in [-0.05, 0) is 30.3 Å². The molecule has 2 heterocycles. The van der Waals surface area contributed by atoms with Gasteiger partial charge in [0, 0.05) is 17.5 Å². The second-order valence-electron chi connectivity index (χ2n) is 5.24. The molecule has 0 amide bonds. The lowest BCUT2D eigenvalue weighted by Crippen LogP contribution is -2.06. The Morgan fingerprint density at radius 2 is 1.91 bits per heavy atom. The van der Waals surface area contributed by atoms with E-state index in [-0.39, 0.29) is 0 Å². The molecule has 2 aromatic heterocycles. The monoisotopic (exact) mass is 344 g/mol. The van der Waals surface area contributed by atoms with E-state index in [1.165, 1.54) is 0 Å². The van der Waals surface area contributed by atoms with Crippen molar-refractivity contribution < 1.29 is 4.42 Å². The van der Waals surface area contributed by atoms with E-state index in [0.717, 1.165) is 11.0 Å². The van der Waals surface area contributed by atoms with Gasteiger partial charge in [-0.25, -0.2) is 9.78 Å². The van der Waals surface area contributed by atoms with Crippen LogP contribution in [0.25, 0.3) is 33.4 Å². The van der Waals surface area contributed by atoms with Crippen molar-refractivity contribution in [2.24, 2.45) is 7.05 Å². The SMILES string of the molecule is Cn1c(-c2cc3cc(Cl)cc(Cl)c3oc2=O)nc2ccccc21. The van der Waals surface area contributed by atoms with E-state index in [0.29, 0.717) is 32.4 Å². The van der Waals surface area contributed by atoms with Crippen molar-refractivity contribution >= 4 is 45.2 Å². The van der Waals surface area contributed by atoms with Crippen molar-refractivity contribution in [3.05, 3.63) is 62.9 Å². The molecule has 2 aromatic carbocycles. The Labute approximate surface area is 140 Å². The minimum atomic E-state index is -0.486. The molecule has 0 aliphatic heterocycles. The number of hydrogen-bond donors (Lipinski definition) is 0. The zero-order valence-corrected chi connectivity index (χ0v) is 13.5. The molecule has 0 unspecified atom stereocenters. The van der Waals surface area contributed by atoms with Crippen LogP contribution in [-0.4, -0.2) is 9.55 Å². The molecule has 114 valence electrons. The van der Waals surface area contributed by atoms with Crippen LogP contribution in [0.2, 0.25) is 10.0 Å². The second-order valence-corrected chi connectivity index (χ2v) is 6.08. The highest BCUT2D eigenvalue weighted by molar-refractivity contribution is 6.38. The molecule has 0 aliphatic rings. The predicted octanol–water partition coefficient (Wildman–Crippen LogP) is 4.65. The van der Waals surface area contributed by atoms with E-state index in [9.17, 15) is 4.79 Å². The van der Waals surface area contributed by atoms with Crippen LogP contribution in [0.15, 0.2) is 51.7 Å². The maximum Gasteiger partial charge on any atom is 0.347 e. The van der Waals surface area contributed by atoms with Crippen molar-refractivity contribution in [2.75, 3.05) is 0 Å². The number of hydrogen-bond acceptors (Lipinski definition) is 3. The summed E-state index contributed by atoms with van der Waals surface area (Å²) < 4.78 is 7.25. The van der Waals surface area contributed by atoms with Crippen LogP contribution in [-0.2, 0) is 7.05 Å². The summed E-state index contributed by atoms with van der Waals surface area (Å²) in [5.41, 5.74) is 1.96. The maximum atomic E-state index is 12.4. The van der Waals surface area contributed by atoms with E-state index in [1.807, 2.05) is 35.9 Å². The first-order valence-electron chi connectivity index (χ1n) is 6.89. The molecule has 0 radical (unpaired) electrons. The van der Waals surface area contributed by atoms with Gasteiger partial charge in [0.05, 0.1) is 16.1 Å². The lowest BCUT2D eigenvalue weighted by molar-refractivity contribution is 0.562. The summed E-state index contributed by atoms with van der Waals surface area (Å²) in [5, 5.41) is 1.44. The van der Waals surface area contributed by atoms with Crippen molar-refractivity contribution in [2.45, 2.75) is 0 Å². The summed E-state index contributed by atoms with van der Waals surface area (Å²) >= 11 is 12.1. The average molecular weight is 345 g/mol. The van der Waals surface area contributed by atoms with Gasteiger partial charge < -0.3 is 8.98 Å². The Morgan fingerprint density at radius 3 is 2.70 bits per heavy atom. The molecule has 0 N–H and O–H groups in total. The summed E-state index contributed by atoms with van der Waals surface area (Å²) in [7, 11) is 1.86. The first-order chi connectivity index (χ1) is 11.0. The normalized spacial score (nSPS) is 11.4. The average Bonchev–Trinajstić information content (AvgIpc) is 2.85. The first-order valence-corrected chi connectivity index (χ1v) is 7.65. The molecule has 6 heteroatoms. The van der Waals surface area contributed by atoms with Gasteiger partial charge in [-0.15, -0.1) is 0 Å². The highest BCUT2D eigenvalue weighted by atomic mass is 35.5. The number of aromatic nitrogens is 2. The van der Waals surface area contributed by atoms with Gasteiger partial charge in [-0.2, -0.15) is 0 Å². The number of rotatable bonds is 1.